The Morgan fingerprint density at radius 2 is 1.95 bits per heavy atom. The molecule has 4 heteroatoms. The summed E-state index contributed by atoms with van der Waals surface area (Å²) < 4.78 is 13.0. The number of nitrogens with zero attached hydrogens (tertiary/aromatic N) is 2. The van der Waals surface area contributed by atoms with Crippen LogP contribution < -0.4 is 9.47 Å². The third kappa shape index (κ3) is 2.75. The van der Waals surface area contributed by atoms with Crippen molar-refractivity contribution in [2.24, 2.45) is 0 Å². The van der Waals surface area contributed by atoms with E-state index in [1.807, 2.05) is 53.1 Å². The molecule has 0 saturated carbocycles. The SMILES string of the molecule is C#CCn1c(COc2cccc(OC)c2)nc2ccccc21. The van der Waals surface area contributed by atoms with Crippen molar-refractivity contribution in [3.05, 3.63) is 54.4 Å². The molecule has 0 fully saturated rings. The van der Waals surface area contributed by atoms with Gasteiger partial charge in [0.05, 0.1) is 24.7 Å². The molecule has 4 nitrogen and oxygen atoms in total. The topological polar surface area (TPSA) is 36.3 Å². The van der Waals surface area contributed by atoms with E-state index in [1.54, 1.807) is 7.11 Å². The summed E-state index contributed by atoms with van der Waals surface area (Å²) >= 11 is 0. The Kier molecular flexibility index (Phi) is 3.97. The molecule has 0 unspecified atom stereocenters. The minimum absolute atomic E-state index is 0.351. The fraction of sp³-hybridized carbons (Fsp3) is 0.167. The summed E-state index contributed by atoms with van der Waals surface area (Å²) in [6, 6.07) is 15.4. The molecule has 0 aliphatic rings. The van der Waals surface area contributed by atoms with E-state index in [0.29, 0.717) is 13.2 Å². The van der Waals surface area contributed by atoms with Crippen LogP contribution in [0.15, 0.2) is 48.5 Å². The van der Waals surface area contributed by atoms with E-state index in [4.69, 9.17) is 15.9 Å². The van der Waals surface area contributed by atoms with Crippen LogP contribution in [-0.4, -0.2) is 16.7 Å². The van der Waals surface area contributed by atoms with Gasteiger partial charge in [-0.1, -0.05) is 24.1 Å². The van der Waals surface area contributed by atoms with Crippen molar-refractivity contribution in [1.82, 2.24) is 9.55 Å². The molecule has 3 aromatic rings. The van der Waals surface area contributed by atoms with Gasteiger partial charge in [0.1, 0.15) is 23.9 Å². The minimum Gasteiger partial charge on any atom is -0.497 e. The second-order valence-electron chi connectivity index (χ2n) is 4.77. The molecular weight excluding hydrogens is 276 g/mol. The lowest BCUT2D eigenvalue weighted by molar-refractivity contribution is 0.289. The third-order valence-corrected chi connectivity index (χ3v) is 3.39. The van der Waals surface area contributed by atoms with Crippen molar-refractivity contribution in [3.8, 4) is 23.8 Å². The zero-order chi connectivity index (χ0) is 15.4. The maximum atomic E-state index is 5.82. The minimum atomic E-state index is 0.351. The highest BCUT2D eigenvalue weighted by molar-refractivity contribution is 5.76. The lowest BCUT2D eigenvalue weighted by Crippen LogP contribution is -2.06. The van der Waals surface area contributed by atoms with E-state index in [9.17, 15) is 0 Å². The number of fused-ring (bicyclic) bond motifs is 1. The summed E-state index contributed by atoms with van der Waals surface area (Å²) in [5, 5.41) is 0. The van der Waals surface area contributed by atoms with Crippen LogP contribution in [0.2, 0.25) is 0 Å². The Morgan fingerprint density at radius 1 is 1.14 bits per heavy atom. The van der Waals surface area contributed by atoms with Crippen molar-refractivity contribution < 1.29 is 9.47 Å². The van der Waals surface area contributed by atoms with Crippen LogP contribution in [0.4, 0.5) is 0 Å². The van der Waals surface area contributed by atoms with Crippen LogP contribution in [0.5, 0.6) is 11.5 Å². The number of benzene rings is 2. The van der Waals surface area contributed by atoms with Crippen molar-refractivity contribution in [2.45, 2.75) is 13.2 Å². The Bertz CT molecular complexity index is 830. The Balaban J connectivity index is 1.87. The second-order valence-corrected chi connectivity index (χ2v) is 4.77. The van der Waals surface area contributed by atoms with Crippen molar-refractivity contribution in [1.29, 1.82) is 0 Å². The number of para-hydroxylation sites is 2. The van der Waals surface area contributed by atoms with Gasteiger partial charge in [0.2, 0.25) is 0 Å². The van der Waals surface area contributed by atoms with Gasteiger partial charge in [0.15, 0.2) is 0 Å². The molecule has 22 heavy (non-hydrogen) atoms. The zero-order valence-corrected chi connectivity index (χ0v) is 12.3. The normalized spacial score (nSPS) is 10.4. The molecular formula is C18H16N2O2. The maximum absolute atomic E-state index is 5.82. The monoisotopic (exact) mass is 292 g/mol. The van der Waals surface area contributed by atoms with Gasteiger partial charge in [0.25, 0.3) is 0 Å². The van der Waals surface area contributed by atoms with Crippen molar-refractivity contribution in [2.75, 3.05) is 7.11 Å². The molecule has 0 radical (unpaired) electrons. The molecule has 0 spiro atoms. The van der Waals surface area contributed by atoms with Crippen molar-refractivity contribution >= 4 is 11.0 Å². The van der Waals surface area contributed by atoms with Crippen LogP contribution >= 0.6 is 0 Å². The largest absolute Gasteiger partial charge is 0.497 e. The number of methoxy groups -OCH3 is 1. The first-order valence-electron chi connectivity index (χ1n) is 6.96. The predicted molar refractivity (Wildman–Crippen MR) is 85.9 cm³/mol. The molecule has 0 bridgehead atoms. The summed E-state index contributed by atoms with van der Waals surface area (Å²) in [5.74, 6) is 4.97. The number of terminal acetylenes is 1. The number of rotatable bonds is 5. The summed E-state index contributed by atoms with van der Waals surface area (Å²) in [6.45, 7) is 0.820. The van der Waals surface area contributed by atoms with Crippen molar-refractivity contribution in [3.63, 3.8) is 0 Å². The Morgan fingerprint density at radius 3 is 2.77 bits per heavy atom. The van der Waals surface area contributed by atoms with Gasteiger partial charge >= 0.3 is 0 Å². The quantitative estimate of drug-likeness (QED) is 0.677. The molecule has 2 aromatic carbocycles. The van der Waals surface area contributed by atoms with E-state index < -0.39 is 0 Å². The summed E-state index contributed by atoms with van der Waals surface area (Å²) in [4.78, 5) is 4.60. The maximum Gasteiger partial charge on any atom is 0.148 e. The first kappa shape index (κ1) is 14.0. The van der Waals surface area contributed by atoms with E-state index >= 15 is 0 Å². The van der Waals surface area contributed by atoms with Crippen LogP contribution in [0, 0.1) is 12.3 Å². The lowest BCUT2D eigenvalue weighted by Gasteiger charge is -2.09. The molecule has 1 heterocycles. The van der Waals surface area contributed by atoms with E-state index in [-0.39, 0.29) is 0 Å². The molecule has 0 aliphatic heterocycles. The molecule has 1 aromatic heterocycles. The number of hydrogen-bond donors (Lipinski definition) is 0. The first-order valence-corrected chi connectivity index (χ1v) is 6.96. The van der Waals surface area contributed by atoms with Gasteiger partial charge in [-0.2, -0.15) is 0 Å². The van der Waals surface area contributed by atoms with Gasteiger partial charge in [-0.3, -0.25) is 0 Å². The van der Waals surface area contributed by atoms with Crippen LogP contribution in [0.1, 0.15) is 5.82 Å². The highest BCUT2D eigenvalue weighted by Gasteiger charge is 2.10. The van der Waals surface area contributed by atoms with Gasteiger partial charge in [0, 0.05) is 6.07 Å². The fourth-order valence-corrected chi connectivity index (χ4v) is 2.34. The van der Waals surface area contributed by atoms with E-state index in [0.717, 1.165) is 28.4 Å². The average molecular weight is 292 g/mol. The summed E-state index contributed by atoms with van der Waals surface area (Å²) in [5.41, 5.74) is 1.94. The average Bonchev–Trinajstić information content (AvgIpc) is 2.91. The number of imidazole rings is 1. The van der Waals surface area contributed by atoms with Crippen LogP contribution in [0.3, 0.4) is 0 Å². The van der Waals surface area contributed by atoms with Crippen LogP contribution in [0.25, 0.3) is 11.0 Å². The zero-order valence-electron chi connectivity index (χ0n) is 12.3. The molecule has 0 N–H and O–H groups in total. The predicted octanol–water partition coefficient (Wildman–Crippen LogP) is 3.26. The van der Waals surface area contributed by atoms with Gasteiger partial charge in [-0.15, -0.1) is 6.42 Å². The van der Waals surface area contributed by atoms with E-state index in [1.165, 1.54) is 0 Å². The summed E-state index contributed by atoms with van der Waals surface area (Å²) in [7, 11) is 1.63. The molecule has 110 valence electrons. The molecule has 0 aliphatic carbocycles. The summed E-state index contributed by atoms with van der Waals surface area (Å²) in [6.07, 6.45) is 5.47. The molecule has 3 rings (SSSR count). The van der Waals surface area contributed by atoms with E-state index in [2.05, 4.69) is 10.9 Å². The number of ether oxygens (including phenoxy) is 2. The molecule has 0 amide bonds. The van der Waals surface area contributed by atoms with Gasteiger partial charge in [-0.25, -0.2) is 4.98 Å². The van der Waals surface area contributed by atoms with Gasteiger partial charge < -0.3 is 14.0 Å². The fourth-order valence-electron chi connectivity index (χ4n) is 2.34. The molecule has 0 saturated heterocycles. The third-order valence-electron chi connectivity index (χ3n) is 3.39. The molecule has 0 atom stereocenters. The standard InChI is InChI=1S/C18H16N2O2/c1-3-11-20-17-10-5-4-9-16(17)19-18(20)13-22-15-8-6-7-14(12-15)21-2/h1,4-10,12H,11,13H2,2H3. The Labute approximate surface area is 129 Å². The first-order chi connectivity index (χ1) is 10.8. The number of aromatic nitrogens is 2. The van der Waals surface area contributed by atoms with Crippen LogP contribution in [-0.2, 0) is 13.2 Å². The highest BCUT2D eigenvalue weighted by atomic mass is 16.5. The second kappa shape index (κ2) is 6.23. The van der Waals surface area contributed by atoms with Gasteiger partial charge in [-0.05, 0) is 24.3 Å². The lowest BCUT2D eigenvalue weighted by atomic mass is 10.3. The smallest absolute Gasteiger partial charge is 0.148 e. The Hall–Kier alpha value is -2.93. The number of hydrogen-bond acceptors (Lipinski definition) is 3. The highest BCUT2D eigenvalue weighted by Crippen LogP contribution is 2.21.